The predicted octanol–water partition coefficient (Wildman–Crippen LogP) is 3.62. The van der Waals surface area contributed by atoms with Gasteiger partial charge in [0.1, 0.15) is 17.2 Å². The van der Waals surface area contributed by atoms with Gasteiger partial charge >= 0.3 is 0 Å². The molecule has 0 spiro atoms. The molecule has 2 aromatic rings. The number of furan rings is 1. The molecular weight excluding hydrogens is 205 g/mol. The Hall–Kier alpha value is -1.35. The van der Waals surface area contributed by atoms with E-state index >= 15 is 0 Å². The minimum atomic E-state index is -0.253. The number of halogens is 1. The van der Waals surface area contributed by atoms with E-state index in [4.69, 9.17) is 10.2 Å². The zero-order valence-electron chi connectivity index (χ0n) is 9.53. The summed E-state index contributed by atoms with van der Waals surface area (Å²) in [6.07, 6.45) is 0.863. The Balaban J connectivity index is 2.32. The van der Waals surface area contributed by atoms with Crippen LogP contribution in [0.1, 0.15) is 32.1 Å². The van der Waals surface area contributed by atoms with Gasteiger partial charge in [-0.05, 0) is 36.6 Å². The summed E-state index contributed by atoms with van der Waals surface area (Å²) < 4.78 is 18.6. The first kappa shape index (κ1) is 11.1. The van der Waals surface area contributed by atoms with Crippen molar-refractivity contribution in [2.45, 2.75) is 26.3 Å². The van der Waals surface area contributed by atoms with E-state index < -0.39 is 0 Å². The van der Waals surface area contributed by atoms with Crippen LogP contribution in [-0.2, 0) is 0 Å². The molecule has 1 heterocycles. The summed E-state index contributed by atoms with van der Waals surface area (Å²) >= 11 is 0. The molecule has 0 aliphatic carbocycles. The number of benzene rings is 1. The average molecular weight is 221 g/mol. The summed E-state index contributed by atoms with van der Waals surface area (Å²) in [7, 11) is 0. The highest BCUT2D eigenvalue weighted by Gasteiger charge is 2.13. The highest BCUT2D eigenvalue weighted by atomic mass is 19.1. The molecule has 0 unspecified atom stereocenters. The van der Waals surface area contributed by atoms with Gasteiger partial charge in [0.2, 0.25) is 0 Å². The van der Waals surface area contributed by atoms with Crippen LogP contribution in [0.15, 0.2) is 28.7 Å². The van der Waals surface area contributed by atoms with E-state index in [0.717, 1.165) is 17.6 Å². The molecule has 1 atom stereocenters. The van der Waals surface area contributed by atoms with Crippen LogP contribution in [0.3, 0.4) is 0 Å². The van der Waals surface area contributed by atoms with Crippen molar-refractivity contribution in [2.24, 2.45) is 11.7 Å². The topological polar surface area (TPSA) is 39.2 Å². The quantitative estimate of drug-likeness (QED) is 0.859. The zero-order valence-corrected chi connectivity index (χ0v) is 9.53. The van der Waals surface area contributed by atoms with Crippen molar-refractivity contribution in [1.29, 1.82) is 0 Å². The molecule has 0 fully saturated rings. The second-order valence-electron chi connectivity index (χ2n) is 4.57. The van der Waals surface area contributed by atoms with E-state index in [1.165, 1.54) is 12.1 Å². The number of hydrogen-bond donors (Lipinski definition) is 1. The van der Waals surface area contributed by atoms with Gasteiger partial charge in [-0.15, -0.1) is 0 Å². The summed E-state index contributed by atoms with van der Waals surface area (Å²) in [4.78, 5) is 0. The van der Waals surface area contributed by atoms with E-state index in [1.54, 1.807) is 6.07 Å². The first-order chi connectivity index (χ1) is 7.56. The van der Waals surface area contributed by atoms with Crippen LogP contribution in [0.2, 0.25) is 0 Å². The van der Waals surface area contributed by atoms with Crippen molar-refractivity contribution in [3.8, 4) is 0 Å². The molecule has 1 aromatic carbocycles. The van der Waals surface area contributed by atoms with Crippen molar-refractivity contribution < 1.29 is 8.81 Å². The third-order valence-electron chi connectivity index (χ3n) is 2.59. The van der Waals surface area contributed by atoms with E-state index in [2.05, 4.69) is 13.8 Å². The normalized spacial score (nSPS) is 13.6. The van der Waals surface area contributed by atoms with Crippen LogP contribution in [0.4, 0.5) is 4.39 Å². The maximum atomic E-state index is 13.0. The minimum Gasteiger partial charge on any atom is -0.459 e. The molecule has 2 nitrogen and oxygen atoms in total. The molecule has 0 saturated carbocycles. The SMILES string of the molecule is CC(C)C[C@@H](N)c1cc2cc(F)ccc2o1. The second kappa shape index (κ2) is 4.26. The third kappa shape index (κ3) is 2.25. The highest BCUT2D eigenvalue weighted by Crippen LogP contribution is 2.26. The monoisotopic (exact) mass is 221 g/mol. The highest BCUT2D eigenvalue weighted by molar-refractivity contribution is 5.77. The third-order valence-corrected chi connectivity index (χ3v) is 2.59. The summed E-state index contributed by atoms with van der Waals surface area (Å²) in [5, 5.41) is 0.772. The Morgan fingerprint density at radius 2 is 2.06 bits per heavy atom. The Kier molecular flexibility index (Phi) is 2.97. The van der Waals surface area contributed by atoms with Crippen molar-refractivity contribution in [2.75, 3.05) is 0 Å². The lowest BCUT2D eigenvalue weighted by Crippen LogP contribution is -2.11. The van der Waals surface area contributed by atoms with E-state index in [0.29, 0.717) is 11.5 Å². The molecule has 3 heteroatoms. The molecule has 16 heavy (non-hydrogen) atoms. The fraction of sp³-hybridized carbons (Fsp3) is 0.385. The second-order valence-corrected chi connectivity index (χ2v) is 4.57. The summed E-state index contributed by atoms with van der Waals surface area (Å²) in [6.45, 7) is 4.23. The Morgan fingerprint density at radius 3 is 2.75 bits per heavy atom. The maximum Gasteiger partial charge on any atom is 0.134 e. The van der Waals surface area contributed by atoms with Gasteiger partial charge < -0.3 is 10.2 Å². The van der Waals surface area contributed by atoms with Crippen LogP contribution in [0.25, 0.3) is 11.0 Å². The zero-order chi connectivity index (χ0) is 11.7. The molecule has 1 aromatic heterocycles. The van der Waals surface area contributed by atoms with E-state index in [-0.39, 0.29) is 11.9 Å². The first-order valence-corrected chi connectivity index (χ1v) is 5.51. The van der Waals surface area contributed by atoms with Crippen LogP contribution >= 0.6 is 0 Å². The maximum absolute atomic E-state index is 13.0. The van der Waals surface area contributed by atoms with Gasteiger partial charge in [-0.25, -0.2) is 4.39 Å². The van der Waals surface area contributed by atoms with Gasteiger partial charge in [0.15, 0.2) is 0 Å². The average Bonchev–Trinajstić information content (AvgIpc) is 2.59. The lowest BCUT2D eigenvalue weighted by atomic mass is 10.0. The molecule has 86 valence electrons. The standard InChI is InChI=1S/C13H16FNO/c1-8(2)5-11(15)13-7-9-6-10(14)3-4-12(9)16-13/h3-4,6-8,11H,5,15H2,1-2H3/t11-/m1/s1. The van der Waals surface area contributed by atoms with Crippen molar-refractivity contribution in [1.82, 2.24) is 0 Å². The van der Waals surface area contributed by atoms with Gasteiger partial charge in [0.05, 0.1) is 6.04 Å². The molecule has 0 aliphatic heterocycles. The first-order valence-electron chi connectivity index (χ1n) is 5.51. The van der Waals surface area contributed by atoms with Crippen LogP contribution in [0, 0.1) is 11.7 Å². The van der Waals surface area contributed by atoms with Gasteiger partial charge in [0, 0.05) is 5.39 Å². The van der Waals surface area contributed by atoms with E-state index in [1.807, 2.05) is 6.07 Å². The van der Waals surface area contributed by atoms with Crippen molar-refractivity contribution in [3.05, 3.63) is 35.8 Å². The number of rotatable bonds is 3. The van der Waals surface area contributed by atoms with Crippen molar-refractivity contribution in [3.63, 3.8) is 0 Å². The molecule has 0 aliphatic rings. The van der Waals surface area contributed by atoms with Gasteiger partial charge in [-0.3, -0.25) is 0 Å². The molecule has 2 N–H and O–H groups in total. The Morgan fingerprint density at radius 1 is 1.31 bits per heavy atom. The lowest BCUT2D eigenvalue weighted by molar-refractivity contribution is 0.431. The summed E-state index contributed by atoms with van der Waals surface area (Å²) in [5.41, 5.74) is 6.70. The van der Waals surface area contributed by atoms with Crippen LogP contribution in [-0.4, -0.2) is 0 Å². The summed E-state index contributed by atoms with van der Waals surface area (Å²) in [5.74, 6) is 0.992. The molecular formula is C13H16FNO. The Bertz CT molecular complexity index is 490. The lowest BCUT2D eigenvalue weighted by Gasteiger charge is -2.10. The molecule has 0 bridgehead atoms. The summed E-state index contributed by atoms with van der Waals surface area (Å²) in [6, 6.07) is 6.20. The van der Waals surface area contributed by atoms with Gasteiger partial charge in [-0.2, -0.15) is 0 Å². The smallest absolute Gasteiger partial charge is 0.134 e. The van der Waals surface area contributed by atoms with Gasteiger partial charge in [0.25, 0.3) is 0 Å². The van der Waals surface area contributed by atoms with Gasteiger partial charge in [-0.1, -0.05) is 13.8 Å². The fourth-order valence-corrected chi connectivity index (χ4v) is 1.84. The molecule has 0 radical (unpaired) electrons. The number of hydrogen-bond acceptors (Lipinski definition) is 2. The molecule has 2 rings (SSSR count). The number of fused-ring (bicyclic) bond motifs is 1. The van der Waals surface area contributed by atoms with Crippen LogP contribution in [0.5, 0.6) is 0 Å². The minimum absolute atomic E-state index is 0.115. The number of nitrogens with two attached hydrogens (primary N) is 1. The molecule has 0 amide bonds. The Labute approximate surface area is 94.2 Å². The largest absolute Gasteiger partial charge is 0.459 e. The molecule has 0 saturated heterocycles. The van der Waals surface area contributed by atoms with Crippen molar-refractivity contribution >= 4 is 11.0 Å². The predicted molar refractivity (Wildman–Crippen MR) is 62.6 cm³/mol. The fourth-order valence-electron chi connectivity index (χ4n) is 1.84. The van der Waals surface area contributed by atoms with E-state index in [9.17, 15) is 4.39 Å². The van der Waals surface area contributed by atoms with Crippen LogP contribution < -0.4 is 5.73 Å².